The number of guanidine groups is 1. The van der Waals surface area contributed by atoms with E-state index < -0.39 is 0 Å². The maximum absolute atomic E-state index is 11.5. The average Bonchev–Trinajstić information content (AvgIpc) is 2.77. The van der Waals surface area contributed by atoms with Crippen molar-refractivity contribution < 1.29 is 14.3 Å². The van der Waals surface area contributed by atoms with Gasteiger partial charge in [-0.15, -0.1) is 24.0 Å². The van der Waals surface area contributed by atoms with E-state index in [0.717, 1.165) is 53.7 Å². The summed E-state index contributed by atoms with van der Waals surface area (Å²) in [5, 5.41) is 9.44. The first-order valence-corrected chi connectivity index (χ1v) is 10.4. The van der Waals surface area contributed by atoms with E-state index in [9.17, 15) is 4.79 Å². The zero-order valence-electron chi connectivity index (χ0n) is 18.1. The maximum Gasteiger partial charge on any atom is 0.224 e. The standard InChI is InChI=1S/C23H30N4O3.HI/c1-3-24-23(25-13-12-17-6-4-5-7-21(17)29-2)26-14-15-30-19-9-10-20-18(16-19)8-11-22(28)27-20;/h4-7,9-10,16H,3,8,11-15H2,1-2H3,(H,27,28)(H2,24,25,26);1H. The van der Waals surface area contributed by atoms with Gasteiger partial charge in [0.25, 0.3) is 0 Å². The Balaban J connectivity index is 0.00000341. The summed E-state index contributed by atoms with van der Waals surface area (Å²) < 4.78 is 11.3. The molecule has 2 aromatic carbocycles. The van der Waals surface area contributed by atoms with Gasteiger partial charge < -0.3 is 25.4 Å². The van der Waals surface area contributed by atoms with Gasteiger partial charge in [-0.05, 0) is 55.2 Å². The zero-order valence-corrected chi connectivity index (χ0v) is 20.4. The zero-order chi connectivity index (χ0) is 21.2. The van der Waals surface area contributed by atoms with Gasteiger partial charge in [-0.25, -0.2) is 0 Å². The van der Waals surface area contributed by atoms with Crippen LogP contribution in [0, 0.1) is 0 Å². The number of anilines is 1. The fourth-order valence-corrected chi connectivity index (χ4v) is 3.33. The molecule has 0 fully saturated rings. The Hall–Kier alpha value is -2.49. The van der Waals surface area contributed by atoms with Gasteiger partial charge in [-0.1, -0.05) is 18.2 Å². The molecule has 0 aliphatic carbocycles. The van der Waals surface area contributed by atoms with Crippen molar-refractivity contribution in [3.8, 4) is 11.5 Å². The van der Waals surface area contributed by atoms with Gasteiger partial charge >= 0.3 is 0 Å². The number of para-hydroxylation sites is 1. The molecule has 1 heterocycles. The van der Waals surface area contributed by atoms with Crippen LogP contribution in [-0.2, 0) is 17.6 Å². The number of benzene rings is 2. The van der Waals surface area contributed by atoms with Crippen molar-refractivity contribution in [2.75, 3.05) is 38.7 Å². The molecule has 1 aliphatic rings. The molecule has 7 nitrogen and oxygen atoms in total. The number of nitrogens with one attached hydrogen (secondary N) is 3. The third kappa shape index (κ3) is 7.61. The minimum Gasteiger partial charge on any atom is -0.496 e. The lowest BCUT2D eigenvalue weighted by atomic mass is 10.0. The van der Waals surface area contributed by atoms with Crippen LogP contribution < -0.4 is 25.4 Å². The van der Waals surface area contributed by atoms with Gasteiger partial charge in [0.1, 0.15) is 18.1 Å². The lowest BCUT2D eigenvalue weighted by Crippen LogP contribution is -2.39. The highest BCUT2D eigenvalue weighted by Gasteiger charge is 2.14. The van der Waals surface area contributed by atoms with E-state index in [2.05, 4.69) is 27.0 Å². The Morgan fingerprint density at radius 1 is 1.16 bits per heavy atom. The molecule has 0 aromatic heterocycles. The number of fused-ring (bicyclic) bond motifs is 1. The fraction of sp³-hybridized carbons (Fsp3) is 0.391. The summed E-state index contributed by atoms with van der Waals surface area (Å²) in [4.78, 5) is 16.1. The summed E-state index contributed by atoms with van der Waals surface area (Å²) in [5.41, 5.74) is 3.14. The minimum atomic E-state index is 0. The van der Waals surface area contributed by atoms with E-state index in [-0.39, 0.29) is 29.9 Å². The molecular formula is C23H31IN4O3. The quantitative estimate of drug-likeness (QED) is 0.198. The molecule has 0 atom stereocenters. The number of hydrogen-bond donors (Lipinski definition) is 3. The van der Waals surface area contributed by atoms with Gasteiger partial charge in [-0.2, -0.15) is 0 Å². The lowest BCUT2D eigenvalue weighted by Gasteiger charge is -2.18. The van der Waals surface area contributed by atoms with Crippen molar-refractivity contribution >= 4 is 41.5 Å². The topological polar surface area (TPSA) is 84.0 Å². The molecular weight excluding hydrogens is 507 g/mol. The van der Waals surface area contributed by atoms with Gasteiger partial charge in [0.2, 0.25) is 5.91 Å². The van der Waals surface area contributed by atoms with Crippen LogP contribution in [0.1, 0.15) is 24.5 Å². The lowest BCUT2D eigenvalue weighted by molar-refractivity contribution is -0.116. The summed E-state index contributed by atoms with van der Waals surface area (Å²) in [6.45, 7) is 4.64. The van der Waals surface area contributed by atoms with Crippen molar-refractivity contribution in [3.63, 3.8) is 0 Å². The molecule has 0 bridgehead atoms. The van der Waals surface area contributed by atoms with Crippen molar-refractivity contribution in [1.82, 2.24) is 10.6 Å². The first-order valence-electron chi connectivity index (χ1n) is 10.4. The molecule has 3 rings (SSSR count). The summed E-state index contributed by atoms with van der Waals surface area (Å²) in [7, 11) is 1.69. The molecule has 8 heteroatoms. The Morgan fingerprint density at radius 3 is 2.81 bits per heavy atom. The Bertz CT molecular complexity index is 889. The number of carbonyl (C=O) groups excluding carboxylic acids is 1. The van der Waals surface area contributed by atoms with Crippen LogP contribution in [0.2, 0.25) is 0 Å². The number of amides is 1. The van der Waals surface area contributed by atoms with Crippen LogP contribution in [0.25, 0.3) is 0 Å². The second-order valence-corrected chi connectivity index (χ2v) is 6.96. The molecule has 0 radical (unpaired) electrons. The number of methoxy groups -OCH3 is 1. The Morgan fingerprint density at radius 2 is 2.00 bits per heavy atom. The van der Waals surface area contributed by atoms with Crippen LogP contribution in [0.15, 0.2) is 47.5 Å². The van der Waals surface area contributed by atoms with Crippen molar-refractivity contribution in [1.29, 1.82) is 0 Å². The van der Waals surface area contributed by atoms with Gasteiger partial charge in [0, 0.05) is 25.2 Å². The van der Waals surface area contributed by atoms with Crippen LogP contribution in [0.4, 0.5) is 5.69 Å². The van der Waals surface area contributed by atoms with E-state index in [1.54, 1.807) is 7.11 Å². The molecule has 0 unspecified atom stereocenters. The number of ether oxygens (including phenoxy) is 2. The molecule has 0 spiro atoms. The Labute approximate surface area is 201 Å². The highest BCUT2D eigenvalue weighted by Crippen LogP contribution is 2.26. The van der Waals surface area contributed by atoms with E-state index in [4.69, 9.17) is 9.47 Å². The number of rotatable bonds is 9. The fourth-order valence-electron chi connectivity index (χ4n) is 3.33. The van der Waals surface area contributed by atoms with Gasteiger partial charge in [-0.3, -0.25) is 9.79 Å². The normalized spacial score (nSPS) is 12.8. The van der Waals surface area contributed by atoms with E-state index in [1.165, 1.54) is 0 Å². The summed E-state index contributed by atoms with van der Waals surface area (Å²) in [5.74, 6) is 2.54. The van der Waals surface area contributed by atoms with Crippen LogP contribution >= 0.6 is 24.0 Å². The molecule has 31 heavy (non-hydrogen) atoms. The molecule has 3 N–H and O–H groups in total. The smallest absolute Gasteiger partial charge is 0.224 e. The van der Waals surface area contributed by atoms with Gasteiger partial charge in [0.05, 0.1) is 13.7 Å². The summed E-state index contributed by atoms with van der Waals surface area (Å²) >= 11 is 0. The van der Waals surface area contributed by atoms with Crippen LogP contribution in [0.5, 0.6) is 11.5 Å². The second kappa shape index (κ2) is 13.0. The number of nitrogens with zero attached hydrogens (tertiary/aromatic N) is 1. The molecule has 168 valence electrons. The number of aliphatic imine (C=N–C) groups is 1. The molecule has 0 saturated heterocycles. The molecule has 1 amide bonds. The number of carbonyl (C=O) groups is 1. The monoisotopic (exact) mass is 538 g/mol. The van der Waals surface area contributed by atoms with E-state index in [0.29, 0.717) is 26.1 Å². The van der Waals surface area contributed by atoms with E-state index >= 15 is 0 Å². The molecule has 0 saturated carbocycles. The maximum atomic E-state index is 11.5. The number of halogens is 1. The number of hydrogen-bond acceptors (Lipinski definition) is 4. The predicted molar refractivity (Wildman–Crippen MR) is 135 cm³/mol. The summed E-state index contributed by atoms with van der Waals surface area (Å²) in [6.07, 6.45) is 2.08. The highest BCUT2D eigenvalue weighted by molar-refractivity contribution is 14.0. The first-order chi connectivity index (χ1) is 14.7. The van der Waals surface area contributed by atoms with Gasteiger partial charge in [0.15, 0.2) is 5.96 Å². The molecule has 1 aliphatic heterocycles. The summed E-state index contributed by atoms with van der Waals surface area (Å²) in [6, 6.07) is 13.8. The largest absolute Gasteiger partial charge is 0.496 e. The molecule has 2 aromatic rings. The van der Waals surface area contributed by atoms with E-state index in [1.807, 2.05) is 43.3 Å². The Kier molecular flexibility index (Phi) is 10.4. The first kappa shape index (κ1) is 24.8. The number of aryl methyl sites for hydroxylation is 1. The second-order valence-electron chi connectivity index (χ2n) is 6.96. The third-order valence-corrected chi connectivity index (χ3v) is 4.82. The minimum absolute atomic E-state index is 0. The van der Waals surface area contributed by atoms with Crippen LogP contribution in [-0.4, -0.2) is 45.2 Å². The van der Waals surface area contributed by atoms with Crippen molar-refractivity contribution in [3.05, 3.63) is 53.6 Å². The predicted octanol–water partition coefficient (Wildman–Crippen LogP) is 3.37. The highest BCUT2D eigenvalue weighted by atomic mass is 127. The average molecular weight is 538 g/mol. The van der Waals surface area contributed by atoms with Crippen molar-refractivity contribution in [2.24, 2.45) is 4.99 Å². The van der Waals surface area contributed by atoms with Crippen LogP contribution in [0.3, 0.4) is 0 Å². The third-order valence-electron chi connectivity index (χ3n) is 4.82. The van der Waals surface area contributed by atoms with Crippen molar-refractivity contribution in [2.45, 2.75) is 26.2 Å². The SMILES string of the molecule is CCNC(=NCCc1ccccc1OC)NCCOc1ccc2c(c1)CCC(=O)N2.I.